The lowest BCUT2D eigenvalue weighted by atomic mass is 10.1. The van der Waals surface area contributed by atoms with Crippen LogP contribution in [0.25, 0.3) is 0 Å². The Hall–Kier alpha value is -1.84. The molecule has 0 aromatic heterocycles. The molecule has 0 heterocycles. The summed E-state index contributed by atoms with van der Waals surface area (Å²) in [7, 11) is 0.170. The van der Waals surface area contributed by atoms with Crippen molar-refractivity contribution in [1.82, 2.24) is 9.62 Å². The Morgan fingerprint density at radius 3 is 2.38 bits per heavy atom. The fraction of sp³-hybridized carbons (Fsp3) is 0.400. The second-order valence-electron chi connectivity index (χ2n) is 4.72. The highest BCUT2D eigenvalue weighted by molar-refractivity contribution is 7.89. The average Bonchev–Trinajstić information content (AvgIpc) is 2.43. The first-order valence-electron chi connectivity index (χ1n) is 6.63. The number of sulfonamides is 1. The van der Waals surface area contributed by atoms with E-state index in [-0.39, 0.29) is 18.2 Å². The van der Waals surface area contributed by atoms with Gasteiger partial charge in [-0.25, -0.2) is 13.1 Å². The van der Waals surface area contributed by atoms with Crippen LogP contribution in [0.1, 0.15) is 29.3 Å². The van der Waals surface area contributed by atoms with Crippen LogP contribution in [0.4, 0.5) is 0 Å². The second kappa shape index (κ2) is 7.81. The van der Waals surface area contributed by atoms with Crippen LogP contribution in [-0.2, 0) is 10.0 Å². The van der Waals surface area contributed by atoms with Gasteiger partial charge in [0.1, 0.15) is 0 Å². The lowest BCUT2D eigenvalue weighted by molar-refractivity contribution is 0.0827. The van der Waals surface area contributed by atoms with E-state index in [0.29, 0.717) is 12.0 Å². The lowest BCUT2D eigenvalue weighted by Crippen LogP contribution is -2.26. The number of hydrogen-bond acceptors (Lipinski definition) is 3. The van der Waals surface area contributed by atoms with Gasteiger partial charge in [0, 0.05) is 25.2 Å². The number of nitrogens with zero attached hydrogens (tertiary/aromatic N) is 1. The highest BCUT2D eigenvalue weighted by Crippen LogP contribution is 2.05. The second-order valence-corrected chi connectivity index (χ2v) is 6.65. The van der Waals surface area contributed by atoms with Gasteiger partial charge in [0.15, 0.2) is 0 Å². The van der Waals surface area contributed by atoms with Gasteiger partial charge in [-0.3, -0.25) is 4.79 Å². The largest absolute Gasteiger partial charge is 0.345 e. The maximum atomic E-state index is 11.7. The lowest BCUT2D eigenvalue weighted by Gasteiger charge is -2.09. The van der Waals surface area contributed by atoms with Crippen LogP contribution in [0.5, 0.6) is 0 Å². The van der Waals surface area contributed by atoms with E-state index in [2.05, 4.69) is 16.6 Å². The molecular weight excluding hydrogens is 288 g/mol. The maximum Gasteiger partial charge on any atom is 0.253 e. The smallest absolute Gasteiger partial charge is 0.253 e. The van der Waals surface area contributed by atoms with Gasteiger partial charge in [-0.2, -0.15) is 0 Å². The molecule has 5 nitrogen and oxygen atoms in total. The van der Waals surface area contributed by atoms with E-state index in [1.165, 1.54) is 4.90 Å². The topological polar surface area (TPSA) is 66.5 Å². The molecule has 1 amide bonds. The summed E-state index contributed by atoms with van der Waals surface area (Å²) in [4.78, 5) is 13.2. The van der Waals surface area contributed by atoms with Gasteiger partial charge in [-0.15, -0.1) is 0 Å². The zero-order valence-electron chi connectivity index (χ0n) is 12.5. The molecule has 114 valence electrons. The fourth-order valence-corrected chi connectivity index (χ4v) is 2.56. The molecule has 0 spiro atoms. The third kappa shape index (κ3) is 5.98. The van der Waals surface area contributed by atoms with Crippen molar-refractivity contribution in [3.63, 3.8) is 0 Å². The zero-order chi connectivity index (χ0) is 15.9. The molecule has 1 aromatic carbocycles. The molecule has 0 bridgehead atoms. The van der Waals surface area contributed by atoms with Gasteiger partial charge in [-0.05, 0) is 30.7 Å². The van der Waals surface area contributed by atoms with E-state index in [9.17, 15) is 13.2 Å². The van der Waals surface area contributed by atoms with Crippen LogP contribution >= 0.6 is 0 Å². The third-order valence-corrected chi connectivity index (χ3v) is 4.15. The molecule has 0 aliphatic heterocycles. The van der Waals surface area contributed by atoms with Crippen LogP contribution in [0, 0.1) is 11.8 Å². The van der Waals surface area contributed by atoms with Crippen molar-refractivity contribution in [2.24, 2.45) is 0 Å². The minimum Gasteiger partial charge on any atom is -0.345 e. The van der Waals surface area contributed by atoms with Crippen LogP contribution in [-0.4, -0.2) is 45.6 Å². The van der Waals surface area contributed by atoms with Crippen molar-refractivity contribution in [3.8, 4) is 11.8 Å². The summed E-state index contributed by atoms with van der Waals surface area (Å²) in [6, 6.07) is 6.88. The SMILES string of the molecule is CCCS(=O)(=O)NCC#Cc1ccc(C(=O)N(C)C)cc1. The number of benzene rings is 1. The summed E-state index contributed by atoms with van der Waals surface area (Å²) in [5.74, 6) is 5.64. The predicted molar refractivity (Wildman–Crippen MR) is 83.4 cm³/mol. The number of hydrogen-bond donors (Lipinski definition) is 1. The van der Waals surface area contributed by atoms with E-state index in [4.69, 9.17) is 0 Å². The molecule has 0 saturated carbocycles. The molecule has 6 heteroatoms. The molecule has 21 heavy (non-hydrogen) atoms. The van der Waals surface area contributed by atoms with Gasteiger partial charge >= 0.3 is 0 Å². The maximum absolute atomic E-state index is 11.7. The van der Waals surface area contributed by atoms with Crippen LogP contribution < -0.4 is 4.72 Å². The summed E-state index contributed by atoms with van der Waals surface area (Å²) in [6.45, 7) is 1.89. The van der Waals surface area contributed by atoms with Crippen LogP contribution in [0.15, 0.2) is 24.3 Å². The summed E-state index contributed by atoms with van der Waals surface area (Å²) < 4.78 is 25.2. The van der Waals surface area contributed by atoms with E-state index in [1.807, 2.05) is 6.92 Å². The zero-order valence-corrected chi connectivity index (χ0v) is 13.3. The van der Waals surface area contributed by atoms with Crippen LogP contribution in [0.2, 0.25) is 0 Å². The molecule has 0 aliphatic rings. The molecule has 0 aliphatic carbocycles. The Morgan fingerprint density at radius 1 is 1.24 bits per heavy atom. The molecule has 0 unspecified atom stereocenters. The van der Waals surface area contributed by atoms with Gasteiger partial charge in [0.05, 0.1) is 12.3 Å². The summed E-state index contributed by atoms with van der Waals surface area (Å²) in [6.07, 6.45) is 0.574. The van der Waals surface area contributed by atoms with E-state index < -0.39 is 10.0 Å². The highest BCUT2D eigenvalue weighted by Gasteiger charge is 2.07. The predicted octanol–water partition coefficient (Wildman–Crippen LogP) is 1.07. The Bertz CT molecular complexity index is 638. The minimum atomic E-state index is -3.22. The molecule has 0 radical (unpaired) electrons. The molecule has 1 aromatic rings. The first kappa shape index (κ1) is 17.2. The Balaban J connectivity index is 2.62. The monoisotopic (exact) mass is 308 g/mol. The first-order chi connectivity index (χ1) is 9.85. The summed E-state index contributed by atoms with van der Waals surface area (Å²) in [5, 5.41) is 0. The normalized spacial score (nSPS) is 10.6. The van der Waals surface area contributed by atoms with Crippen LogP contribution in [0.3, 0.4) is 0 Å². The van der Waals surface area contributed by atoms with Crippen molar-refractivity contribution >= 4 is 15.9 Å². The van der Waals surface area contributed by atoms with E-state index >= 15 is 0 Å². The standard InChI is InChI=1S/C15H20N2O3S/c1-4-12-21(19,20)16-11-5-6-13-7-9-14(10-8-13)15(18)17(2)3/h7-10,16H,4,11-12H2,1-3H3. The highest BCUT2D eigenvalue weighted by atomic mass is 32.2. The van der Waals surface area contributed by atoms with Crippen molar-refractivity contribution in [3.05, 3.63) is 35.4 Å². The van der Waals surface area contributed by atoms with Gasteiger partial charge < -0.3 is 4.90 Å². The average molecular weight is 308 g/mol. The Kier molecular flexibility index (Phi) is 6.40. The number of carbonyl (C=O) groups is 1. The first-order valence-corrected chi connectivity index (χ1v) is 8.29. The number of rotatable bonds is 5. The van der Waals surface area contributed by atoms with Crippen molar-refractivity contribution in [2.45, 2.75) is 13.3 Å². The molecule has 1 rings (SSSR count). The van der Waals surface area contributed by atoms with Gasteiger partial charge in [0.25, 0.3) is 5.91 Å². The van der Waals surface area contributed by atoms with Crippen molar-refractivity contribution in [1.29, 1.82) is 0 Å². The minimum absolute atomic E-state index is 0.0677. The quantitative estimate of drug-likeness (QED) is 0.828. The third-order valence-electron chi connectivity index (χ3n) is 2.62. The fourth-order valence-electron chi connectivity index (χ4n) is 1.59. The molecular formula is C15H20N2O3S. The van der Waals surface area contributed by atoms with Crippen molar-refractivity contribution in [2.75, 3.05) is 26.4 Å². The molecule has 0 saturated heterocycles. The Morgan fingerprint density at radius 2 is 1.86 bits per heavy atom. The summed E-state index contributed by atoms with van der Waals surface area (Å²) in [5.41, 5.74) is 1.33. The Labute approximate surface area is 126 Å². The molecule has 1 N–H and O–H groups in total. The van der Waals surface area contributed by atoms with Crippen molar-refractivity contribution < 1.29 is 13.2 Å². The summed E-state index contributed by atoms with van der Waals surface area (Å²) >= 11 is 0. The molecule has 0 fully saturated rings. The number of carbonyl (C=O) groups excluding carboxylic acids is 1. The van der Waals surface area contributed by atoms with E-state index in [0.717, 1.165) is 5.56 Å². The molecule has 0 atom stereocenters. The number of amides is 1. The number of nitrogens with one attached hydrogen (secondary N) is 1. The van der Waals surface area contributed by atoms with Gasteiger partial charge in [0.2, 0.25) is 10.0 Å². The van der Waals surface area contributed by atoms with Gasteiger partial charge in [-0.1, -0.05) is 18.8 Å². The van der Waals surface area contributed by atoms with E-state index in [1.54, 1.807) is 38.4 Å².